The third-order valence-corrected chi connectivity index (χ3v) is 7.22. The van der Waals surface area contributed by atoms with E-state index in [2.05, 4.69) is 15.6 Å². The molecule has 4 N–H and O–H groups in total. The number of aromatic nitrogens is 3. The SMILES string of the molecule is NC1CCC(Nc2cc(-c3cnc(C4CC4)c(NCC4CCOCC4)n3)c(Cl)cn2)CC1. The molecule has 0 spiro atoms. The monoisotopic (exact) mass is 456 g/mol. The quantitative estimate of drug-likeness (QED) is 0.560. The Morgan fingerprint density at radius 2 is 1.78 bits per heavy atom. The summed E-state index contributed by atoms with van der Waals surface area (Å²) in [6.07, 6.45) is 12.4. The molecular weight excluding hydrogens is 424 g/mol. The van der Waals surface area contributed by atoms with Crippen molar-refractivity contribution < 1.29 is 4.74 Å². The standard InChI is InChI=1S/C24H33ClN6O/c25-20-13-27-22(30-18-5-3-17(26)4-6-18)11-19(20)21-14-28-23(16-1-2-16)24(31-21)29-12-15-7-9-32-10-8-15/h11,13-18H,1-10,12,26H2,(H,27,30)(H,29,31). The Morgan fingerprint density at radius 3 is 2.53 bits per heavy atom. The average molecular weight is 457 g/mol. The van der Waals surface area contributed by atoms with Gasteiger partial charge >= 0.3 is 0 Å². The van der Waals surface area contributed by atoms with E-state index >= 15 is 0 Å². The third-order valence-electron chi connectivity index (χ3n) is 6.92. The molecule has 3 heterocycles. The molecule has 8 heteroatoms. The smallest absolute Gasteiger partial charge is 0.148 e. The minimum atomic E-state index is 0.328. The van der Waals surface area contributed by atoms with Gasteiger partial charge in [0, 0.05) is 49.5 Å². The maximum atomic E-state index is 6.55. The highest BCUT2D eigenvalue weighted by Crippen LogP contribution is 2.42. The van der Waals surface area contributed by atoms with E-state index in [0.717, 1.165) is 86.9 Å². The highest BCUT2D eigenvalue weighted by molar-refractivity contribution is 6.33. The number of hydrogen-bond donors (Lipinski definition) is 3. The number of nitrogens with one attached hydrogen (secondary N) is 2. The number of ether oxygens (including phenoxy) is 1. The lowest BCUT2D eigenvalue weighted by atomic mass is 9.92. The van der Waals surface area contributed by atoms with Gasteiger partial charge in [-0.1, -0.05) is 11.6 Å². The molecule has 2 aromatic rings. The van der Waals surface area contributed by atoms with Crippen LogP contribution in [0.3, 0.4) is 0 Å². The van der Waals surface area contributed by atoms with Crippen LogP contribution in [0, 0.1) is 5.92 Å². The van der Waals surface area contributed by atoms with E-state index in [1.54, 1.807) is 6.20 Å². The summed E-state index contributed by atoms with van der Waals surface area (Å²) in [7, 11) is 0. The molecule has 1 saturated heterocycles. The van der Waals surface area contributed by atoms with E-state index in [9.17, 15) is 0 Å². The van der Waals surface area contributed by atoms with Gasteiger partial charge in [0.25, 0.3) is 0 Å². The predicted octanol–water partition coefficient (Wildman–Crippen LogP) is 4.59. The Morgan fingerprint density at radius 1 is 1.00 bits per heavy atom. The first kappa shape index (κ1) is 21.9. The summed E-state index contributed by atoms with van der Waals surface area (Å²) in [6.45, 7) is 2.60. The van der Waals surface area contributed by atoms with E-state index < -0.39 is 0 Å². The largest absolute Gasteiger partial charge is 0.381 e. The van der Waals surface area contributed by atoms with Crippen molar-refractivity contribution in [2.24, 2.45) is 11.7 Å². The van der Waals surface area contributed by atoms with E-state index in [-0.39, 0.29) is 0 Å². The second-order valence-electron chi connectivity index (χ2n) is 9.51. The van der Waals surface area contributed by atoms with Gasteiger partial charge in [0.15, 0.2) is 0 Å². The van der Waals surface area contributed by atoms with Crippen LogP contribution in [0.1, 0.15) is 63.0 Å². The summed E-state index contributed by atoms with van der Waals surface area (Å²) in [4.78, 5) is 14.3. The van der Waals surface area contributed by atoms with Crippen LogP contribution < -0.4 is 16.4 Å². The molecule has 3 aliphatic rings. The fourth-order valence-corrected chi connectivity index (χ4v) is 4.89. The van der Waals surface area contributed by atoms with E-state index in [4.69, 9.17) is 32.0 Å². The number of rotatable bonds is 7. The minimum Gasteiger partial charge on any atom is -0.381 e. The molecule has 172 valence electrons. The van der Waals surface area contributed by atoms with Crippen molar-refractivity contribution in [3.63, 3.8) is 0 Å². The topological polar surface area (TPSA) is 98.0 Å². The Hall–Kier alpha value is -1.96. The number of nitrogens with zero attached hydrogens (tertiary/aromatic N) is 3. The molecule has 0 aromatic carbocycles. The zero-order valence-electron chi connectivity index (χ0n) is 18.5. The van der Waals surface area contributed by atoms with Crippen LogP contribution in [-0.2, 0) is 4.74 Å². The van der Waals surface area contributed by atoms with Gasteiger partial charge in [-0.05, 0) is 63.4 Å². The molecule has 0 unspecified atom stereocenters. The van der Waals surface area contributed by atoms with Crippen molar-refractivity contribution in [1.29, 1.82) is 0 Å². The van der Waals surface area contributed by atoms with Crippen molar-refractivity contribution in [2.45, 2.75) is 69.4 Å². The zero-order valence-corrected chi connectivity index (χ0v) is 19.3. The van der Waals surface area contributed by atoms with E-state index in [1.165, 1.54) is 12.8 Å². The van der Waals surface area contributed by atoms with Gasteiger partial charge in [0.1, 0.15) is 11.6 Å². The van der Waals surface area contributed by atoms with Crippen LogP contribution in [0.2, 0.25) is 5.02 Å². The van der Waals surface area contributed by atoms with Crippen LogP contribution in [0.5, 0.6) is 0 Å². The number of pyridine rings is 1. The molecule has 0 radical (unpaired) electrons. The number of hydrogen-bond acceptors (Lipinski definition) is 7. The van der Waals surface area contributed by atoms with Crippen molar-refractivity contribution in [3.05, 3.63) is 29.2 Å². The van der Waals surface area contributed by atoms with Crippen LogP contribution >= 0.6 is 11.6 Å². The van der Waals surface area contributed by atoms with Gasteiger partial charge in [0.05, 0.1) is 22.6 Å². The molecule has 2 aromatic heterocycles. The predicted molar refractivity (Wildman–Crippen MR) is 128 cm³/mol. The molecule has 2 saturated carbocycles. The van der Waals surface area contributed by atoms with Gasteiger partial charge < -0.3 is 21.1 Å². The Balaban J connectivity index is 1.35. The molecule has 5 rings (SSSR count). The van der Waals surface area contributed by atoms with E-state index in [1.807, 2.05) is 12.3 Å². The van der Waals surface area contributed by atoms with Crippen molar-refractivity contribution in [1.82, 2.24) is 15.0 Å². The first-order valence-corrected chi connectivity index (χ1v) is 12.4. The summed E-state index contributed by atoms with van der Waals surface area (Å²) in [5.74, 6) is 2.87. The fraction of sp³-hybridized carbons (Fsp3) is 0.625. The first-order valence-electron chi connectivity index (χ1n) is 12.0. The summed E-state index contributed by atoms with van der Waals surface area (Å²) in [6, 6.07) is 2.73. The van der Waals surface area contributed by atoms with Crippen LogP contribution in [-0.4, -0.2) is 46.8 Å². The van der Waals surface area contributed by atoms with Crippen LogP contribution in [0.15, 0.2) is 18.5 Å². The summed E-state index contributed by atoms with van der Waals surface area (Å²) in [5, 5.41) is 7.75. The summed E-state index contributed by atoms with van der Waals surface area (Å²) in [5.41, 5.74) is 8.78. The molecule has 7 nitrogen and oxygen atoms in total. The Bertz CT molecular complexity index is 923. The van der Waals surface area contributed by atoms with Gasteiger partial charge in [0.2, 0.25) is 0 Å². The van der Waals surface area contributed by atoms with Gasteiger partial charge in [-0.25, -0.2) is 9.97 Å². The van der Waals surface area contributed by atoms with Crippen LogP contribution in [0.4, 0.5) is 11.6 Å². The lowest BCUT2D eigenvalue weighted by molar-refractivity contribution is 0.0699. The number of anilines is 2. The van der Waals surface area contributed by atoms with Crippen LogP contribution in [0.25, 0.3) is 11.3 Å². The van der Waals surface area contributed by atoms with Crippen molar-refractivity contribution in [3.8, 4) is 11.3 Å². The van der Waals surface area contributed by atoms with Crippen molar-refractivity contribution >= 4 is 23.2 Å². The zero-order chi connectivity index (χ0) is 21.9. The van der Waals surface area contributed by atoms with Gasteiger partial charge in [-0.3, -0.25) is 4.98 Å². The maximum Gasteiger partial charge on any atom is 0.148 e. The normalized spacial score (nSPS) is 24.3. The molecule has 1 aliphatic heterocycles. The molecule has 3 fully saturated rings. The highest BCUT2D eigenvalue weighted by Gasteiger charge is 2.29. The lowest BCUT2D eigenvalue weighted by Gasteiger charge is -2.27. The second-order valence-corrected chi connectivity index (χ2v) is 9.91. The third kappa shape index (κ3) is 5.33. The average Bonchev–Trinajstić information content (AvgIpc) is 3.66. The van der Waals surface area contributed by atoms with Gasteiger partial charge in [-0.2, -0.15) is 0 Å². The molecule has 0 amide bonds. The Kier molecular flexibility index (Phi) is 6.76. The lowest BCUT2D eigenvalue weighted by Crippen LogP contribution is -2.33. The number of halogens is 1. The first-order chi connectivity index (χ1) is 15.7. The molecule has 0 bridgehead atoms. The van der Waals surface area contributed by atoms with Gasteiger partial charge in [-0.15, -0.1) is 0 Å². The number of nitrogens with two attached hydrogens (primary N) is 1. The Labute approximate surface area is 194 Å². The highest BCUT2D eigenvalue weighted by atomic mass is 35.5. The summed E-state index contributed by atoms with van der Waals surface area (Å²) >= 11 is 6.55. The molecular formula is C24H33ClN6O. The maximum absolute atomic E-state index is 6.55. The van der Waals surface area contributed by atoms with E-state index in [0.29, 0.717) is 28.9 Å². The minimum absolute atomic E-state index is 0.328. The summed E-state index contributed by atoms with van der Waals surface area (Å²) < 4.78 is 5.50. The second kappa shape index (κ2) is 9.89. The molecule has 32 heavy (non-hydrogen) atoms. The fourth-order valence-electron chi connectivity index (χ4n) is 4.69. The molecule has 0 atom stereocenters. The molecule has 2 aliphatic carbocycles. The van der Waals surface area contributed by atoms with Crippen molar-refractivity contribution in [2.75, 3.05) is 30.4 Å².